The van der Waals surface area contributed by atoms with Crippen molar-refractivity contribution in [2.45, 2.75) is 68.1 Å². The zero-order valence-corrected chi connectivity index (χ0v) is 24.4. The fourth-order valence-electron chi connectivity index (χ4n) is 5.87. The molecule has 0 radical (unpaired) electrons. The number of carbonyl (C=O) groups is 1. The van der Waals surface area contributed by atoms with E-state index >= 15 is 0 Å². The van der Waals surface area contributed by atoms with Crippen molar-refractivity contribution in [3.63, 3.8) is 0 Å². The van der Waals surface area contributed by atoms with Gasteiger partial charge in [0.05, 0.1) is 18.1 Å². The molecule has 6 atom stereocenters. The van der Waals surface area contributed by atoms with E-state index in [-0.39, 0.29) is 31.7 Å². The number of benzene rings is 2. The molecule has 0 spiro atoms. The summed E-state index contributed by atoms with van der Waals surface area (Å²) in [5, 5.41) is 37.8. The van der Waals surface area contributed by atoms with Crippen LogP contribution in [0.15, 0.2) is 53.7 Å². The number of aliphatic hydroxyl groups excluding tert-OH is 2. The lowest BCUT2D eigenvalue weighted by atomic mass is 10.0. The number of rotatable bonds is 10. The van der Waals surface area contributed by atoms with Crippen molar-refractivity contribution in [1.29, 1.82) is 0 Å². The summed E-state index contributed by atoms with van der Waals surface area (Å²) in [6.07, 6.45) is -0.377. The summed E-state index contributed by atoms with van der Waals surface area (Å²) in [6.45, 7) is 2.52. The minimum Gasteiger partial charge on any atom is -0.454 e. The summed E-state index contributed by atoms with van der Waals surface area (Å²) in [7, 11) is 0. The lowest BCUT2D eigenvalue weighted by Crippen LogP contribution is -2.38. The summed E-state index contributed by atoms with van der Waals surface area (Å²) in [5.74, 6) is 1.94. The highest BCUT2D eigenvalue weighted by molar-refractivity contribution is 7.99. The molecule has 2 saturated carbocycles. The van der Waals surface area contributed by atoms with Crippen molar-refractivity contribution < 1.29 is 24.5 Å². The molecule has 224 valence electrons. The van der Waals surface area contributed by atoms with Gasteiger partial charge in [0.25, 0.3) is 0 Å². The molecule has 0 bridgehead atoms. The van der Waals surface area contributed by atoms with Crippen molar-refractivity contribution in [2.24, 2.45) is 5.92 Å². The molecule has 4 N–H and O–H groups in total. The van der Waals surface area contributed by atoms with Crippen molar-refractivity contribution >= 4 is 34.7 Å². The second-order valence-corrected chi connectivity index (χ2v) is 12.3. The number of aliphatic hydroxyl groups is 2. The van der Waals surface area contributed by atoms with Crippen LogP contribution in [-0.4, -0.2) is 71.9 Å². The number of carbonyl (C=O) groups excluding carboxylic acids is 1. The van der Waals surface area contributed by atoms with Gasteiger partial charge in [0, 0.05) is 24.3 Å². The predicted octanol–water partition coefficient (Wildman–Crippen LogP) is 3.02. The Hall–Kier alpha value is -3.94. The standard InChI is InChI=1S/C30H33N7O5S/c1-2-10-43-30-33-27(32-20-12-18(20)17-6-4-3-5-7-17)24-28(34-30)37(36-35-24)21-13-19(25(38)26(21)39)29(40)31-14-16-8-9-22-23(11-16)42-15-41-22/h3-9,11,18-21,25-26,38-39H,2,10,12-15H2,1H3,(H,31,40)(H,32,33,34). The molecule has 4 aromatic rings. The lowest BCUT2D eigenvalue weighted by Gasteiger charge is -2.17. The summed E-state index contributed by atoms with van der Waals surface area (Å²) < 4.78 is 12.3. The second kappa shape index (κ2) is 11.6. The molecule has 0 saturated heterocycles. The molecule has 2 aromatic heterocycles. The lowest BCUT2D eigenvalue weighted by molar-refractivity contribution is -0.129. The van der Waals surface area contributed by atoms with Gasteiger partial charge in [-0.05, 0) is 42.5 Å². The number of nitrogens with zero attached hydrogens (tertiary/aromatic N) is 5. The quantitative estimate of drug-likeness (QED) is 0.156. The van der Waals surface area contributed by atoms with Crippen LogP contribution in [0.1, 0.15) is 49.3 Å². The molecular weight excluding hydrogens is 570 g/mol. The van der Waals surface area contributed by atoms with Gasteiger partial charge in [0.2, 0.25) is 12.7 Å². The Balaban J connectivity index is 1.10. The molecule has 6 unspecified atom stereocenters. The van der Waals surface area contributed by atoms with Gasteiger partial charge < -0.3 is 30.3 Å². The van der Waals surface area contributed by atoms with E-state index in [4.69, 9.17) is 19.4 Å². The van der Waals surface area contributed by atoms with Crippen LogP contribution in [0, 0.1) is 5.92 Å². The van der Waals surface area contributed by atoms with Gasteiger partial charge in [-0.1, -0.05) is 60.3 Å². The van der Waals surface area contributed by atoms with E-state index in [1.54, 1.807) is 22.5 Å². The van der Waals surface area contributed by atoms with E-state index in [9.17, 15) is 15.0 Å². The van der Waals surface area contributed by atoms with Crippen LogP contribution < -0.4 is 20.1 Å². The highest BCUT2D eigenvalue weighted by atomic mass is 32.2. The van der Waals surface area contributed by atoms with Gasteiger partial charge in [-0.15, -0.1) is 5.10 Å². The van der Waals surface area contributed by atoms with E-state index in [0.717, 1.165) is 24.2 Å². The minimum absolute atomic E-state index is 0.172. The molecule has 1 aliphatic heterocycles. The Kier molecular flexibility index (Phi) is 7.53. The van der Waals surface area contributed by atoms with Crippen LogP contribution in [0.25, 0.3) is 11.2 Å². The fourth-order valence-corrected chi connectivity index (χ4v) is 6.57. The van der Waals surface area contributed by atoms with Gasteiger partial charge in [-0.3, -0.25) is 4.79 Å². The first kappa shape index (κ1) is 27.9. The maximum absolute atomic E-state index is 13.2. The van der Waals surface area contributed by atoms with Crippen molar-refractivity contribution in [1.82, 2.24) is 30.3 Å². The molecule has 2 aromatic carbocycles. The van der Waals surface area contributed by atoms with Gasteiger partial charge in [0.15, 0.2) is 33.6 Å². The first-order valence-electron chi connectivity index (χ1n) is 14.6. The summed E-state index contributed by atoms with van der Waals surface area (Å²) in [4.78, 5) is 22.7. The first-order valence-corrected chi connectivity index (χ1v) is 15.6. The molecule has 2 aliphatic carbocycles. The number of hydrogen-bond acceptors (Lipinski definition) is 11. The Labute approximate surface area is 252 Å². The maximum atomic E-state index is 13.2. The van der Waals surface area contributed by atoms with Crippen LogP contribution in [0.2, 0.25) is 0 Å². The third-order valence-electron chi connectivity index (χ3n) is 8.29. The number of hydrogen-bond donors (Lipinski definition) is 4. The first-order chi connectivity index (χ1) is 21.0. The van der Waals surface area contributed by atoms with Crippen molar-refractivity contribution in [2.75, 3.05) is 17.9 Å². The van der Waals surface area contributed by atoms with E-state index < -0.39 is 24.2 Å². The van der Waals surface area contributed by atoms with Crippen LogP contribution in [0.3, 0.4) is 0 Å². The fraction of sp³-hybridized carbons (Fsp3) is 0.433. The zero-order valence-electron chi connectivity index (χ0n) is 23.6. The Bertz CT molecular complexity index is 1640. The van der Waals surface area contributed by atoms with E-state index in [0.29, 0.717) is 39.6 Å². The summed E-state index contributed by atoms with van der Waals surface area (Å²) >= 11 is 1.54. The normalized spacial score (nSPS) is 25.7. The molecule has 1 amide bonds. The maximum Gasteiger partial charge on any atom is 0.231 e. The molecule has 2 fully saturated rings. The molecule has 12 nitrogen and oxygen atoms in total. The highest BCUT2D eigenvalue weighted by Gasteiger charge is 2.47. The van der Waals surface area contributed by atoms with E-state index in [1.165, 1.54) is 5.56 Å². The average molecular weight is 604 g/mol. The molecule has 3 aliphatic rings. The number of amides is 1. The topological polar surface area (TPSA) is 157 Å². The van der Waals surface area contributed by atoms with Crippen LogP contribution in [0.5, 0.6) is 11.5 Å². The molecule has 3 heterocycles. The SMILES string of the molecule is CCCSc1nc(NC2CC2c2ccccc2)c2nnn(C3CC(C(=O)NCc4ccc5c(c4)OCO5)C(O)C3O)c2n1. The Morgan fingerprint density at radius 3 is 2.74 bits per heavy atom. The van der Waals surface area contributed by atoms with Gasteiger partial charge in [-0.25, -0.2) is 14.6 Å². The number of fused-ring (bicyclic) bond motifs is 2. The number of anilines is 1. The average Bonchev–Trinajstić information content (AvgIpc) is 3.30. The molecule has 7 rings (SSSR count). The van der Waals surface area contributed by atoms with Gasteiger partial charge in [-0.2, -0.15) is 0 Å². The second-order valence-electron chi connectivity index (χ2n) is 11.2. The summed E-state index contributed by atoms with van der Waals surface area (Å²) in [6, 6.07) is 15.4. The van der Waals surface area contributed by atoms with Crippen molar-refractivity contribution in [3.8, 4) is 11.5 Å². The molecule has 13 heteroatoms. The summed E-state index contributed by atoms with van der Waals surface area (Å²) in [5.41, 5.74) is 3.08. The number of ether oxygens (including phenoxy) is 2. The van der Waals surface area contributed by atoms with Crippen LogP contribution >= 0.6 is 11.8 Å². The highest BCUT2D eigenvalue weighted by Crippen LogP contribution is 2.44. The largest absolute Gasteiger partial charge is 0.454 e. The third kappa shape index (κ3) is 5.48. The Morgan fingerprint density at radius 2 is 1.91 bits per heavy atom. The van der Waals surface area contributed by atoms with E-state index in [1.807, 2.05) is 30.3 Å². The number of thioether (sulfide) groups is 1. The van der Waals surface area contributed by atoms with E-state index in [2.05, 4.69) is 40.0 Å². The number of nitrogens with one attached hydrogen (secondary N) is 2. The van der Waals surface area contributed by atoms with Gasteiger partial charge >= 0.3 is 0 Å². The zero-order chi connectivity index (χ0) is 29.5. The predicted molar refractivity (Wildman–Crippen MR) is 159 cm³/mol. The molecular formula is C30H33N7O5S. The molecule has 43 heavy (non-hydrogen) atoms. The number of aromatic nitrogens is 5. The van der Waals surface area contributed by atoms with Crippen molar-refractivity contribution in [3.05, 3.63) is 59.7 Å². The van der Waals surface area contributed by atoms with Crippen LogP contribution in [-0.2, 0) is 11.3 Å². The monoisotopic (exact) mass is 603 g/mol. The smallest absolute Gasteiger partial charge is 0.231 e. The Morgan fingerprint density at radius 1 is 1.07 bits per heavy atom. The minimum atomic E-state index is -1.27. The van der Waals surface area contributed by atoms with Gasteiger partial charge in [0.1, 0.15) is 6.10 Å². The van der Waals surface area contributed by atoms with Crippen LogP contribution in [0.4, 0.5) is 5.82 Å². The third-order valence-corrected chi connectivity index (χ3v) is 9.34.